The normalized spacial score (nSPS) is 12.4. The maximum atomic E-state index is 12.9. The highest BCUT2D eigenvalue weighted by Crippen LogP contribution is 2.32. The summed E-state index contributed by atoms with van der Waals surface area (Å²) in [7, 11) is 0. The third-order valence-corrected chi connectivity index (χ3v) is 6.60. The fraction of sp³-hybridized carbons (Fsp3) is 0.222. The number of rotatable bonds is 6. The molecule has 3 heterocycles. The summed E-state index contributed by atoms with van der Waals surface area (Å²) in [5.41, 5.74) is 4.61. The van der Waals surface area contributed by atoms with Crippen molar-refractivity contribution in [3.8, 4) is 0 Å². The van der Waals surface area contributed by atoms with Crippen LogP contribution in [0, 0.1) is 20.8 Å². The van der Waals surface area contributed by atoms with Crippen LogP contribution < -0.4 is 10.9 Å². The molecule has 0 radical (unpaired) electrons. The molecule has 178 valence electrons. The van der Waals surface area contributed by atoms with Gasteiger partial charge in [-0.05, 0) is 49.6 Å². The molecule has 35 heavy (non-hydrogen) atoms. The summed E-state index contributed by atoms with van der Waals surface area (Å²) in [6, 6.07) is 8.30. The minimum atomic E-state index is -1.15. The Kier molecular flexibility index (Phi) is 5.43. The molecule has 0 fully saturated rings. The number of carbonyl (C=O) groups excluding carboxylic acids is 1. The van der Waals surface area contributed by atoms with E-state index in [9.17, 15) is 19.5 Å². The number of nitrogens with one attached hydrogen (secondary N) is 2. The van der Waals surface area contributed by atoms with E-state index in [1.165, 1.54) is 0 Å². The highest BCUT2D eigenvalue weighted by molar-refractivity contribution is 6.00. The average molecular weight is 472 g/mol. The lowest BCUT2D eigenvalue weighted by molar-refractivity contribution is -0.141. The van der Waals surface area contributed by atoms with Gasteiger partial charge in [-0.2, -0.15) is 0 Å². The molecule has 0 spiro atoms. The summed E-state index contributed by atoms with van der Waals surface area (Å²) in [6.07, 6.45) is 3.21. The molecule has 1 amide bonds. The lowest BCUT2D eigenvalue weighted by atomic mass is 9.98. The van der Waals surface area contributed by atoms with Gasteiger partial charge in [-0.15, -0.1) is 0 Å². The quantitative estimate of drug-likeness (QED) is 0.316. The van der Waals surface area contributed by atoms with Crippen molar-refractivity contribution in [1.82, 2.24) is 10.3 Å². The van der Waals surface area contributed by atoms with E-state index in [0.29, 0.717) is 22.3 Å². The van der Waals surface area contributed by atoms with Crippen LogP contribution in [-0.2, 0) is 22.4 Å². The number of H-pyrrole nitrogens is 1. The first kappa shape index (κ1) is 22.5. The molecular formula is C27H24N2O6. The summed E-state index contributed by atoms with van der Waals surface area (Å²) in [6.45, 7) is 5.52. The van der Waals surface area contributed by atoms with Crippen molar-refractivity contribution in [1.29, 1.82) is 0 Å². The highest BCUT2D eigenvalue weighted by Gasteiger charge is 2.24. The Balaban J connectivity index is 1.44. The van der Waals surface area contributed by atoms with Gasteiger partial charge in [-0.3, -0.25) is 4.79 Å². The van der Waals surface area contributed by atoms with Crippen molar-refractivity contribution in [2.75, 3.05) is 0 Å². The molecular weight excluding hydrogens is 448 g/mol. The van der Waals surface area contributed by atoms with Crippen molar-refractivity contribution >= 4 is 44.7 Å². The second kappa shape index (κ2) is 8.47. The van der Waals surface area contributed by atoms with Gasteiger partial charge in [0.15, 0.2) is 0 Å². The molecule has 1 atom stereocenters. The fourth-order valence-electron chi connectivity index (χ4n) is 4.65. The van der Waals surface area contributed by atoms with E-state index in [1.807, 2.05) is 44.2 Å². The van der Waals surface area contributed by atoms with Crippen molar-refractivity contribution < 1.29 is 23.5 Å². The van der Waals surface area contributed by atoms with Gasteiger partial charge in [0.05, 0.1) is 18.2 Å². The molecule has 0 unspecified atom stereocenters. The lowest BCUT2D eigenvalue weighted by Gasteiger charge is -2.15. The number of carboxylic acid groups (broad SMARTS) is 1. The van der Waals surface area contributed by atoms with E-state index in [1.54, 1.807) is 19.4 Å². The Morgan fingerprint density at radius 1 is 1.06 bits per heavy atom. The van der Waals surface area contributed by atoms with Gasteiger partial charge >= 0.3 is 11.6 Å². The van der Waals surface area contributed by atoms with Crippen molar-refractivity contribution in [3.63, 3.8) is 0 Å². The summed E-state index contributed by atoms with van der Waals surface area (Å²) < 4.78 is 11.2. The van der Waals surface area contributed by atoms with Gasteiger partial charge in [0.25, 0.3) is 0 Å². The summed E-state index contributed by atoms with van der Waals surface area (Å²) in [4.78, 5) is 40.7. The standard InChI is InChI=1S/C27H24N2O6/c1-13-12-34-24-15(3)25-19(9-18(13)24)14(2)20(27(33)35-25)10-23(30)29-22(26(31)32)8-16-11-28-21-7-5-4-6-17(16)21/h4-7,9,11-12,22,28H,8,10H2,1-3H3,(H,29,30)(H,31,32)/t22-/m1/s1. The number of benzene rings is 2. The predicted octanol–water partition coefficient (Wildman–Crippen LogP) is 4.30. The number of hydrogen-bond donors (Lipinski definition) is 3. The molecule has 0 aliphatic carbocycles. The number of aryl methyl sites for hydroxylation is 3. The molecule has 0 aliphatic heterocycles. The van der Waals surface area contributed by atoms with Crippen molar-refractivity contribution in [2.24, 2.45) is 0 Å². The lowest BCUT2D eigenvalue weighted by Crippen LogP contribution is -2.43. The van der Waals surface area contributed by atoms with Gasteiger partial charge in [0.2, 0.25) is 5.91 Å². The molecule has 5 aromatic rings. The average Bonchev–Trinajstić information content (AvgIpc) is 3.41. The molecule has 0 aliphatic rings. The molecule has 2 aromatic carbocycles. The molecule has 8 heteroatoms. The van der Waals surface area contributed by atoms with Crippen LogP contribution in [0.2, 0.25) is 0 Å². The number of aromatic amines is 1. The van der Waals surface area contributed by atoms with Gasteiger partial charge < -0.3 is 24.2 Å². The minimum absolute atomic E-state index is 0.105. The predicted molar refractivity (Wildman–Crippen MR) is 132 cm³/mol. The van der Waals surface area contributed by atoms with Crippen LogP contribution in [0.15, 0.2) is 56.4 Å². The number of aliphatic carboxylic acids is 1. The zero-order valence-electron chi connectivity index (χ0n) is 19.5. The number of carbonyl (C=O) groups is 2. The van der Waals surface area contributed by atoms with Crippen LogP contribution in [0.5, 0.6) is 0 Å². The van der Waals surface area contributed by atoms with E-state index >= 15 is 0 Å². The number of amides is 1. The van der Waals surface area contributed by atoms with E-state index in [-0.39, 0.29) is 18.4 Å². The molecule has 3 aromatic heterocycles. The van der Waals surface area contributed by atoms with Gasteiger partial charge in [0, 0.05) is 39.9 Å². The third kappa shape index (κ3) is 3.86. The Morgan fingerprint density at radius 3 is 2.60 bits per heavy atom. The highest BCUT2D eigenvalue weighted by atomic mass is 16.4. The molecule has 8 nitrogen and oxygen atoms in total. The Labute approximate surface area is 199 Å². The van der Waals surface area contributed by atoms with Crippen LogP contribution in [0.25, 0.3) is 32.8 Å². The maximum Gasteiger partial charge on any atom is 0.340 e. The summed E-state index contributed by atoms with van der Waals surface area (Å²) in [5, 5.41) is 14.8. The number of para-hydroxylation sites is 1. The first-order valence-electron chi connectivity index (χ1n) is 11.3. The summed E-state index contributed by atoms with van der Waals surface area (Å²) >= 11 is 0. The van der Waals surface area contributed by atoms with Gasteiger partial charge in [-0.25, -0.2) is 9.59 Å². The van der Waals surface area contributed by atoms with Crippen LogP contribution in [0.3, 0.4) is 0 Å². The zero-order valence-corrected chi connectivity index (χ0v) is 19.5. The number of hydrogen-bond acceptors (Lipinski definition) is 5. The third-order valence-electron chi connectivity index (χ3n) is 6.60. The van der Waals surface area contributed by atoms with Crippen LogP contribution in [0.1, 0.15) is 27.8 Å². The van der Waals surface area contributed by atoms with Crippen molar-refractivity contribution in [3.05, 3.63) is 81.0 Å². The summed E-state index contributed by atoms with van der Waals surface area (Å²) in [5.74, 6) is -1.72. The first-order chi connectivity index (χ1) is 16.7. The van der Waals surface area contributed by atoms with Crippen LogP contribution >= 0.6 is 0 Å². The fourth-order valence-corrected chi connectivity index (χ4v) is 4.65. The minimum Gasteiger partial charge on any atom is -0.480 e. The molecule has 0 saturated heterocycles. The van der Waals surface area contributed by atoms with Crippen LogP contribution in [0.4, 0.5) is 0 Å². The Morgan fingerprint density at radius 2 is 1.83 bits per heavy atom. The number of aromatic nitrogens is 1. The number of fused-ring (bicyclic) bond motifs is 3. The van der Waals surface area contributed by atoms with E-state index in [2.05, 4.69) is 10.3 Å². The van der Waals surface area contributed by atoms with Crippen molar-refractivity contribution in [2.45, 2.75) is 39.7 Å². The molecule has 3 N–H and O–H groups in total. The Bertz CT molecular complexity index is 1690. The van der Waals surface area contributed by atoms with E-state index in [0.717, 1.165) is 32.8 Å². The topological polar surface area (TPSA) is 126 Å². The monoisotopic (exact) mass is 472 g/mol. The van der Waals surface area contributed by atoms with Crippen LogP contribution in [-0.4, -0.2) is 28.0 Å². The largest absolute Gasteiger partial charge is 0.480 e. The van der Waals surface area contributed by atoms with Gasteiger partial charge in [-0.1, -0.05) is 18.2 Å². The molecule has 0 saturated carbocycles. The SMILES string of the molecule is Cc1coc2c(C)c3oc(=O)c(CC(=O)N[C@H](Cc4c[nH]c5ccccc45)C(=O)O)c(C)c3cc12. The zero-order chi connectivity index (χ0) is 24.9. The Hall–Kier alpha value is -4.33. The van der Waals surface area contributed by atoms with Gasteiger partial charge in [0.1, 0.15) is 17.2 Å². The van der Waals surface area contributed by atoms with E-state index < -0.39 is 23.5 Å². The number of furan rings is 1. The molecule has 0 bridgehead atoms. The smallest absolute Gasteiger partial charge is 0.340 e. The second-order valence-corrected chi connectivity index (χ2v) is 8.87. The first-order valence-corrected chi connectivity index (χ1v) is 11.3. The maximum absolute atomic E-state index is 12.9. The number of carboxylic acids is 1. The molecule has 5 rings (SSSR count). The van der Waals surface area contributed by atoms with E-state index in [4.69, 9.17) is 8.83 Å². The second-order valence-electron chi connectivity index (χ2n) is 8.87.